The van der Waals surface area contributed by atoms with Crippen LogP contribution >= 0.6 is 0 Å². The fourth-order valence-corrected chi connectivity index (χ4v) is 1.73. The van der Waals surface area contributed by atoms with Gasteiger partial charge in [-0.15, -0.1) is 0 Å². The van der Waals surface area contributed by atoms with Crippen molar-refractivity contribution in [1.29, 1.82) is 0 Å². The first-order chi connectivity index (χ1) is 8.22. The molecule has 0 bridgehead atoms. The molecule has 1 atom stereocenters. The van der Waals surface area contributed by atoms with Gasteiger partial charge in [-0.05, 0) is 24.6 Å². The molecule has 1 aromatic heterocycles. The van der Waals surface area contributed by atoms with Crippen LogP contribution < -0.4 is 5.32 Å². The SMILES string of the molecule is Cc1nc2cc(NC(CO)CCO)ccc2o1. The summed E-state index contributed by atoms with van der Waals surface area (Å²) in [5.41, 5.74) is 2.39. The van der Waals surface area contributed by atoms with E-state index in [1.54, 1.807) is 6.92 Å². The molecule has 17 heavy (non-hydrogen) atoms. The molecular formula is C12H16N2O3. The Balaban J connectivity index is 2.17. The summed E-state index contributed by atoms with van der Waals surface area (Å²) in [6.45, 7) is 1.83. The number of aliphatic hydroxyl groups is 2. The van der Waals surface area contributed by atoms with Crippen molar-refractivity contribution in [2.24, 2.45) is 0 Å². The maximum absolute atomic E-state index is 9.13. The lowest BCUT2D eigenvalue weighted by Crippen LogP contribution is -2.24. The predicted molar refractivity (Wildman–Crippen MR) is 64.9 cm³/mol. The molecule has 0 saturated carbocycles. The van der Waals surface area contributed by atoms with Gasteiger partial charge < -0.3 is 19.9 Å². The minimum atomic E-state index is -0.148. The van der Waals surface area contributed by atoms with E-state index in [1.165, 1.54) is 0 Å². The molecule has 2 aromatic rings. The molecule has 0 spiro atoms. The van der Waals surface area contributed by atoms with Crippen LogP contribution in [0.3, 0.4) is 0 Å². The van der Waals surface area contributed by atoms with Gasteiger partial charge in [0.05, 0.1) is 12.6 Å². The first kappa shape index (κ1) is 11.9. The zero-order chi connectivity index (χ0) is 12.3. The third-order valence-corrected chi connectivity index (χ3v) is 2.56. The zero-order valence-electron chi connectivity index (χ0n) is 9.68. The molecule has 1 heterocycles. The van der Waals surface area contributed by atoms with E-state index in [-0.39, 0.29) is 19.3 Å². The van der Waals surface area contributed by atoms with Crippen LogP contribution in [0.4, 0.5) is 5.69 Å². The van der Waals surface area contributed by atoms with Gasteiger partial charge in [-0.1, -0.05) is 0 Å². The van der Waals surface area contributed by atoms with Gasteiger partial charge in [0.2, 0.25) is 0 Å². The predicted octanol–water partition coefficient (Wildman–Crippen LogP) is 1.29. The van der Waals surface area contributed by atoms with Gasteiger partial charge >= 0.3 is 0 Å². The molecule has 0 aliphatic heterocycles. The number of rotatable bonds is 5. The molecule has 1 aromatic carbocycles. The molecule has 92 valence electrons. The van der Waals surface area contributed by atoms with E-state index in [9.17, 15) is 0 Å². The average molecular weight is 236 g/mol. The lowest BCUT2D eigenvalue weighted by molar-refractivity contribution is 0.229. The normalized spacial score (nSPS) is 12.9. The molecule has 0 aliphatic carbocycles. The van der Waals surface area contributed by atoms with Crippen LogP contribution in [-0.2, 0) is 0 Å². The Bertz CT molecular complexity index is 495. The number of aliphatic hydroxyl groups excluding tert-OH is 2. The van der Waals surface area contributed by atoms with E-state index in [4.69, 9.17) is 14.6 Å². The Hall–Kier alpha value is -1.59. The molecule has 5 nitrogen and oxygen atoms in total. The summed E-state index contributed by atoms with van der Waals surface area (Å²) in [6.07, 6.45) is 0.506. The Morgan fingerprint density at radius 1 is 1.41 bits per heavy atom. The number of aromatic nitrogens is 1. The second-order valence-electron chi connectivity index (χ2n) is 3.95. The lowest BCUT2D eigenvalue weighted by atomic mass is 10.2. The number of benzene rings is 1. The van der Waals surface area contributed by atoms with E-state index in [2.05, 4.69) is 10.3 Å². The van der Waals surface area contributed by atoms with Crippen LogP contribution in [0.15, 0.2) is 22.6 Å². The standard InChI is InChI=1S/C12H16N2O3/c1-8-13-11-6-9(2-3-12(11)17-8)14-10(7-16)4-5-15/h2-3,6,10,14-16H,4-5,7H2,1H3. The largest absolute Gasteiger partial charge is 0.441 e. The number of aryl methyl sites for hydroxylation is 1. The highest BCUT2D eigenvalue weighted by molar-refractivity contribution is 5.77. The maximum atomic E-state index is 9.13. The Labute approximate surface area is 99.1 Å². The van der Waals surface area contributed by atoms with E-state index in [0.29, 0.717) is 12.3 Å². The molecule has 0 radical (unpaired) electrons. The summed E-state index contributed by atoms with van der Waals surface area (Å²) in [4.78, 5) is 4.23. The van der Waals surface area contributed by atoms with Gasteiger partial charge in [0.15, 0.2) is 11.5 Å². The van der Waals surface area contributed by atoms with Crippen molar-refractivity contribution >= 4 is 16.8 Å². The van der Waals surface area contributed by atoms with Gasteiger partial charge in [-0.3, -0.25) is 0 Å². The number of hydrogen-bond acceptors (Lipinski definition) is 5. The highest BCUT2D eigenvalue weighted by Gasteiger charge is 2.08. The quantitative estimate of drug-likeness (QED) is 0.729. The monoisotopic (exact) mass is 236 g/mol. The van der Waals surface area contributed by atoms with Crippen LogP contribution in [0.5, 0.6) is 0 Å². The van der Waals surface area contributed by atoms with Crippen molar-refractivity contribution in [3.63, 3.8) is 0 Å². The van der Waals surface area contributed by atoms with E-state index in [1.807, 2.05) is 18.2 Å². The number of hydrogen-bond donors (Lipinski definition) is 3. The maximum Gasteiger partial charge on any atom is 0.192 e. The van der Waals surface area contributed by atoms with Crippen molar-refractivity contribution in [2.75, 3.05) is 18.5 Å². The van der Waals surface area contributed by atoms with Crippen molar-refractivity contribution in [3.05, 3.63) is 24.1 Å². The Morgan fingerprint density at radius 2 is 2.24 bits per heavy atom. The van der Waals surface area contributed by atoms with Crippen LogP contribution in [0.1, 0.15) is 12.3 Å². The number of nitrogens with zero attached hydrogens (tertiary/aromatic N) is 1. The van der Waals surface area contributed by atoms with E-state index < -0.39 is 0 Å². The summed E-state index contributed by atoms with van der Waals surface area (Å²) in [7, 11) is 0. The molecule has 0 aliphatic rings. The second-order valence-corrected chi connectivity index (χ2v) is 3.95. The van der Waals surface area contributed by atoms with Gasteiger partial charge in [0.25, 0.3) is 0 Å². The summed E-state index contributed by atoms with van der Waals surface area (Å²) in [5, 5.41) is 21.1. The third kappa shape index (κ3) is 2.75. The fourth-order valence-electron chi connectivity index (χ4n) is 1.73. The Morgan fingerprint density at radius 3 is 2.94 bits per heavy atom. The summed E-state index contributed by atoms with van der Waals surface area (Å²) in [6, 6.07) is 5.43. The molecule has 0 saturated heterocycles. The lowest BCUT2D eigenvalue weighted by Gasteiger charge is -2.16. The van der Waals surface area contributed by atoms with E-state index >= 15 is 0 Å². The van der Waals surface area contributed by atoms with Gasteiger partial charge in [0.1, 0.15) is 5.52 Å². The molecule has 3 N–H and O–H groups in total. The van der Waals surface area contributed by atoms with Crippen molar-refractivity contribution in [1.82, 2.24) is 4.98 Å². The minimum absolute atomic E-state index is 0.0174. The number of anilines is 1. The molecule has 0 amide bonds. The molecular weight excluding hydrogens is 220 g/mol. The highest BCUT2D eigenvalue weighted by atomic mass is 16.3. The van der Waals surface area contributed by atoms with Gasteiger partial charge in [-0.2, -0.15) is 0 Å². The van der Waals surface area contributed by atoms with E-state index in [0.717, 1.165) is 16.8 Å². The van der Waals surface area contributed by atoms with Crippen LogP contribution in [0, 0.1) is 6.92 Å². The van der Waals surface area contributed by atoms with Crippen LogP contribution in [0.25, 0.3) is 11.1 Å². The van der Waals surface area contributed by atoms with Crippen LogP contribution in [0.2, 0.25) is 0 Å². The highest BCUT2D eigenvalue weighted by Crippen LogP contribution is 2.20. The summed E-state index contributed by atoms with van der Waals surface area (Å²) >= 11 is 0. The van der Waals surface area contributed by atoms with Crippen molar-refractivity contribution in [3.8, 4) is 0 Å². The molecule has 2 rings (SSSR count). The third-order valence-electron chi connectivity index (χ3n) is 2.56. The average Bonchev–Trinajstić information content (AvgIpc) is 2.68. The minimum Gasteiger partial charge on any atom is -0.441 e. The molecule has 0 fully saturated rings. The topological polar surface area (TPSA) is 78.5 Å². The van der Waals surface area contributed by atoms with Crippen molar-refractivity contribution < 1.29 is 14.6 Å². The van der Waals surface area contributed by atoms with Crippen molar-refractivity contribution in [2.45, 2.75) is 19.4 Å². The van der Waals surface area contributed by atoms with Gasteiger partial charge in [-0.25, -0.2) is 4.98 Å². The van der Waals surface area contributed by atoms with Crippen LogP contribution in [-0.4, -0.2) is 34.5 Å². The fraction of sp³-hybridized carbons (Fsp3) is 0.417. The second kappa shape index (κ2) is 5.16. The number of oxazole rings is 1. The number of fused-ring (bicyclic) bond motifs is 1. The summed E-state index contributed by atoms with van der Waals surface area (Å²) in [5.74, 6) is 0.631. The Kier molecular flexibility index (Phi) is 3.61. The number of nitrogens with one attached hydrogen (secondary N) is 1. The zero-order valence-corrected chi connectivity index (χ0v) is 9.68. The molecule has 5 heteroatoms. The summed E-state index contributed by atoms with van der Waals surface area (Å²) < 4.78 is 5.37. The smallest absolute Gasteiger partial charge is 0.192 e. The first-order valence-electron chi connectivity index (χ1n) is 5.58. The molecule has 1 unspecified atom stereocenters. The van der Waals surface area contributed by atoms with Gasteiger partial charge in [0, 0.05) is 19.2 Å². The first-order valence-corrected chi connectivity index (χ1v) is 5.58.